The zero-order valence-corrected chi connectivity index (χ0v) is 11.6. The van der Waals surface area contributed by atoms with Crippen molar-refractivity contribution in [1.82, 2.24) is 0 Å². The third-order valence-electron chi connectivity index (χ3n) is 2.84. The third kappa shape index (κ3) is 3.58. The molecule has 1 aromatic rings. The highest BCUT2D eigenvalue weighted by molar-refractivity contribution is 5.84. The molecule has 2 N–H and O–H groups in total. The standard InChI is InChI=1S/C15H14N4O2/c1-10(20)19(11(2)21)14-5-3-12(4-6-14)15(9-18)13(7-16)8-17/h3-6,10-11,20-21H,1-2H3. The summed E-state index contributed by atoms with van der Waals surface area (Å²) in [6, 6.07) is 11.5. The molecular weight excluding hydrogens is 268 g/mol. The van der Waals surface area contributed by atoms with Crippen molar-refractivity contribution in [3.8, 4) is 18.2 Å². The van der Waals surface area contributed by atoms with Crippen molar-refractivity contribution in [3.63, 3.8) is 0 Å². The van der Waals surface area contributed by atoms with Gasteiger partial charge >= 0.3 is 0 Å². The predicted octanol–water partition coefficient (Wildman–Crippen LogP) is 1.49. The maximum absolute atomic E-state index is 9.64. The monoisotopic (exact) mass is 282 g/mol. The van der Waals surface area contributed by atoms with Gasteiger partial charge in [0, 0.05) is 5.69 Å². The van der Waals surface area contributed by atoms with Crippen molar-refractivity contribution in [2.45, 2.75) is 26.3 Å². The summed E-state index contributed by atoms with van der Waals surface area (Å²) in [5.41, 5.74) is 0.715. The molecule has 0 fully saturated rings. The van der Waals surface area contributed by atoms with Crippen molar-refractivity contribution >= 4 is 11.3 Å². The van der Waals surface area contributed by atoms with Crippen LogP contribution in [0.2, 0.25) is 0 Å². The Bertz CT molecular complexity index is 631. The fraction of sp³-hybridized carbons (Fsp3) is 0.267. The van der Waals surface area contributed by atoms with Gasteiger partial charge in [0.2, 0.25) is 0 Å². The van der Waals surface area contributed by atoms with E-state index >= 15 is 0 Å². The Labute approximate surface area is 123 Å². The number of hydrogen-bond donors (Lipinski definition) is 2. The number of anilines is 1. The van der Waals surface area contributed by atoms with Crippen molar-refractivity contribution in [2.24, 2.45) is 0 Å². The van der Waals surface area contributed by atoms with Crippen molar-refractivity contribution in [3.05, 3.63) is 35.4 Å². The van der Waals surface area contributed by atoms with E-state index in [1.54, 1.807) is 36.4 Å². The predicted molar refractivity (Wildman–Crippen MR) is 76.0 cm³/mol. The van der Waals surface area contributed by atoms with E-state index in [1.807, 2.05) is 6.07 Å². The molecule has 1 rings (SSSR count). The lowest BCUT2D eigenvalue weighted by atomic mass is 10.0. The molecule has 0 saturated carbocycles. The summed E-state index contributed by atoms with van der Waals surface area (Å²) in [5, 5.41) is 46.0. The van der Waals surface area contributed by atoms with Gasteiger partial charge in [-0.1, -0.05) is 12.1 Å². The molecule has 0 aliphatic heterocycles. The van der Waals surface area contributed by atoms with E-state index in [2.05, 4.69) is 0 Å². The van der Waals surface area contributed by atoms with E-state index in [1.165, 1.54) is 18.7 Å². The number of aliphatic hydroxyl groups excluding tert-OH is 2. The van der Waals surface area contributed by atoms with E-state index in [-0.39, 0.29) is 11.1 Å². The van der Waals surface area contributed by atoms with Crippen LogP contribution in [0.4, 0.5) is 5.69 Å². The maximum atomic E-state index is 9.64. The second kappa shape index (κ2) is 7.07. The summed E-state index contributed by atoms with van der Waals surface area (Å²) >= 11 is 0. The van der Waals surface area contributed by atoms with Gasteiger partial charge in [-0.25, -0.2) is 0 Å². The average molecular weight is 282 g/mol. The van der Waals surface area contributed by atoms with Gasteiger partial charge in [0.05, 0.1) is 5.57 Å². The molecule has 21 heavy (non-hydrogen) atoms. The molecule has 0 aromatic heterocycles. The lowest BCUT2D eigenvalue weighted by Gasteiger charge is -2.30. The lowest BCUT2D eigenvalue weighted by Crippen LogP contribution is -2.40. The first-order valence-electron chi connectivity index (χ1n) is 6.15. The van der Waals surface area contributed by atoms with E-state index in [9.17, 15) is 10.2 Å². The van der Waals surface area contributed by atoms with Gasteiger partial charge < -0.3 is 15.1 Å². The maximum Gasteiger partial charge on any atom is 0.148 e. The SMILES string of the molecule is CC(O)N(c1ccc(C(C#N)=C(C#N)C#N)cc1)C(C)O. The van der Waals surface area contributed by atoms with Gasteiger partial charge in [0.25, 0.3) is 0 Å². The second-order valence-electron chi connectivity index (χ2n) is 4.30. The number of nitrogens with zero attached hydrogens (tertiary/aromatic N) is 4. The number of aliphatic hydroxyl groups is 2. The molecule has 2 atom stereocenters. The Morgan fingerprint density at radius 1 is 0.952 bits per heavy atom. The number of allylic oxidation sites excluding steroid dienone is 2. The third-order valence-corrected chi connectivity index (χ3v) is 2.84. The Morgan fingerprint density at radius 3 is 1.76 bits per heavy atom. The molecule has 0 radical (unpaired) electrons. The van der Waals surface area contributed by atoms with Gasteiger partial charge in [-0.15, -0.1) is 0 Å². The molecule has 0 spiro atoms. The first kappa shape index (κ1) is 16.2. The summed E-state index contributed by atoms with van der Waals surface area (Å²) in [5.74, 6) is 0. The van der Waals surface area contributed by atoms with Crippen LogP contribution in [0.15, 0.2) is 29.8 Å². The van der Waals surface area contributed by atoms with Crippen LogP contribution in [0.3, 0.4) is 0 Å². The van der Waals surface area contributed by atoms with E-state index in [0.29, 0.717) is 11.3 Å². The van der Waals surface area contributed by atoms with Gasteiger partial charge in [0.15, 0.2) is 0 Å². The lowest BCUT2D eigenvalue weighted by molar-refractivity contribution is 0.105. The van der Waals surface area contributed by atoms with Crippen LogP contribution in [-0.4, -0.2) is 22.7 Å². The first-order valence-corrected chi connectivity index (χ1v) is 6.15. The number of rotatable bonds is 4. The highest BCUT2D eigenvalue weighted by atomic mass is 16.3. The summed E-state index contributed by atoms with van der Waals surface area (Å²) in [7, 11) is 0. The zero-order chi connectivity index (χ0) is 16.0. The summed E-state index contributed by atoms with van der Waals surface area (Å²) in [6.45, 7) is 3.04. The van der Waals surface area contributed by atoms with Gasteiger partial charge in [-0.05, 0) is 31.5 Å². The molecule has 0 aliphatic rings. The van der Waals surface area contributed by atoms with Crippen LogP contribution in [0.25, 0.3) is 5.57 Å². The van der Waals surface area contributed by atoms with E-state index in [4.69, 9.17) is 15.8 Å². The van der Waals surface area contributed by atoms with Crippen molar-refractivity contribution in [2.75, 3.05) is 4.90 Å². The first-order chi connectivity index (χ1) is 9.96. The van der Waals surface area contributed by atoms with Crippen molar-refractivity contribution < 1.29 is 10.2 Å². The smallest absolute Gasteiger partial charge is 0.148 e. The zero-order valence-electron chi connectivity index (χ0n) is 11.6. The van der Waals surface area contributed by atoms with Crippen molar-refractivity contribution in [1.29, 1.82) is 15.8 Å². The molecule has 6 heteroatoms. The van der Waals surface area contributed by atoms with Crippen LogP contribution >= 0.6 is 0 Å². The minimum absolute atomic E-state index is 0.00723. The highest BCUT2D eigenvalue weighted by Gasteiger charge is 2.17. The summed E-state index contributed by atoms with van der Waals surface area (Å²) in [6.07, 6.45) is -1.79. The minimum atomic E-state index is -0.893. The largest absolute Gasteiger partial charge is 0.374 e. The highest BCUT2D eigenvalue weighted by Crippen LogP contribution is 2.23. The Balaban J connectivity index is 3.26. The summed E-state index contributed by atoms with van der Waals surface area (Å²) < 4.78 is 0. The minimum Gasteiger partial charge on any atom is -0.374 e. The molecule has 2 unspecified atom stereocenters. The Hall–Kier alpha value is -2.85. The number of benzene rings is 1. The number of hydrogen-bond acceptors (Lipinski definition) is 6. The fourth-order valence-corrected chi connectivity index (χ4v) is 1.95. The van der Waals surface area contributed by atoms with E-state index < -0.39 is 12.5 Å². The Morgan fingerprint density at radius 2 is 1.43 bits per heavy atom. The van der Waals surface area contributed by atoms with Gasteiger partial charge in [0.1, 0.15) is 36.2 Å². The quantitative estimate of drug-likeness (QED) is 0.638. The van der Waals surface area contributed by atoms with Crippen LogP contribution < -0.4 is 4.90 Å². The van der Waals surface area contributed by atoms with Gasteiger partial charge in [-0.3, -0.25) is 0 Å². The van der Waals surface area contributed by atoms with Crippen LogP contribution in [-0.2, 0) is 0 Å². The normalized spacial score (nSPS) is 12.2. The summed E-state index contributed by atoms with van der Waals surface area (Å²) in [4.78, 5) is 1.37. The van der Waals surface area contributed by atoms with E-state index in [0.717, 1.165) is 0 Å². The second-order valence-corrected chi connectivity index (χ2v) is 4.30. The van der Waals surface area contributed by atoms with Crippen LogP contribution in [0, 0.1) is 34.0 Å². The molecule has 0 saturated heterocycles. The molecule has 1 aromatic carbocycles. The molecule has 0 aliphatic carbocycles. The number of nitriles is 3. The topological polar surface area (TPSA) is 115 Å². The van der Waals surface area contributed by atoms with Crippen LogP contribution in [0.5, 0.6) is 0 Å². The molecule has 0 heterocycles. The fourth-order valence-electron chi connectivity index (χ4n) is 1.95. The molecule has 0 bridgehead atoms. The van der Waals surface area contributed by atoms with Gasteiger partial charge in [-0.2, -0.15) is 15.8 Å². The average Bonchev–Trinajstić information content (AvgIpc) is 2.45. The molecular formula is C15H14N4O2. The Kier molecular flexibility index (Phi) is 5.46. The van der Waals surface area contributed by atoms with Crippen LogP contribution in [0.1, 0.15) is 19.4 Å². The molecule has 6 nitrogen and oxygen atoms in total. The molecule has 0 amide bonds. The molecule has 106 valence electrons.